The van der Waals surface area contributed by atoms with Gasteiger partial charge in [0.25, 0.3) is 0 Å². The number of ether oxygens (including phenoxy) is 1. The molecule has 1 nitrogen and oxygen atoms in total. The zero-order valence-electron chi connectivity index (χ0n) is 25.9. The van der Waals surface area contributed by atoms with Gasteiger partial charge in [0.05, 0.1) is 12.2 Å². The predicted molar refractivity (Wildman–Crippen MR) is 169 cm³/mol. The topological polar surface area (TPSA) is 9.23 Å². The first-order chi connectivity index (χ1) is 20.4. The highest BCUT2D eigenvalue weighted by Gasteiger charge is 2.36. The zero-order valence-corrected chi connectivity index (χ0v) is 25.9. The Morgan fingerprint density at radius 2 is 1.38 bits per heavy atom. The van der Waals surface area contributed by atoms with Crippen molar-refractivity contribution in [1.82, 2.24) is 0 Å². The minimum atomic E-state index is -3.65. The van der Waals surface area contributed by atoms with E-state index in [4.69, 9.17) is 4.74 Å². The maximum atomic E-state index is 14.9. The van der Waals surface area contributed by atoms with Crippen LogP contribution in [-0.4, -0.2) is 6.61 Å². The second-order valence-electron chi connectivity index (χ2n) is 13.1. The van der Waals surface area contributed by atoms with Crippen molar-refractivity contribution < 1.29 is 17.9 Å². The molecule has 0 N–H and O–H groups in total. The maximum absolute atomic E-state index is 14.9. The summed E-state index contributed by atoms with van der Waals surface area (Å²) in [5.41, 5.74) is 2.48. The van der Waals surface area contributed by atoms with Crippen molar-refractivity contribution in [3.8, 4) is 0 Å². The molecule has 0 saturated heterocycles. The van der Waals surface area contributed by atoms with Gasteiger partial charge in [-0.25, -0.2) is 4.39 Å². The third-order valence-electron chi connectivity index (χ3n) is 10.1. The van der Waals surface area contributed by atoms with Crippen LogP contribution < -0.4 is 0 Å². The highest BCUT2D eigenvalue weighted by Crippen LogP contribution is 2.40. The minimum Gasteiger partial charge on any atom is -0.316 e. The molecule has 2 aliphatic rings. The van der Waals surface area contributed by atoms with E-state index in [1.807, 2.05) is 18.2 Å². The molecule has 0 spiro atoms. The fourth-order valence-corrected chi connectivity index (χ4v) is 7.31. The smallest absolute Gasteiger partial charge is 0.316 e. The summed E-state index contributed by atoms with van der Waals surface area (Å²) in [6, 6.07) is 12.6. The quantitative estimate of drug-likeness (QED) is 0.141. The number of unbranched alkanes of at least 4 members (excludes halogenated alkanes) is 4. The van der Waals surface area contributed by atoms with Crippen LogP contribution in [0, 0.1) is 17.7 Å². The molecule has 0 atom stereocenters. The Morgan fingerprint density at radius 1 is 0.786 bits per heavy atom. The maximum Gasteiger partial charge on any atom is 0.386 e. The minimum absolute atomic E-state index is 0.161. The van der Waals surface area contributed by atoms with Gasteiger partial charge in [-0.15, -0.1) is 6.58 Å². The van der Waals surface area contributed by atoms with Gasteiger partial charge in [0.1, 0.15) is 5.82 Å². The second kappa shape index (κ2) is 16.7. The van der Waals surface area contributed by atoms with Gasteiger partial charge in [-0.2, -0.15) is 8.78 Å². The molecule has 4 heteroatoms. The SMILES string of the molecule is C=CCCC1CCC(c2ccc(C(F)(F)OCCc3ccc(C4CCC(CCCCCCC)CC4)cc3)c(F)c2)CC1. The predicted octanol–water partition coefficient (Wildman–Crippen LogP) is 12.0. The fourth-order valence-electron chi connectivity index (χ4n) is 7.31. The molecule has 2 aromatic carbocycles. The number of hydrogen-bond acceptors (Lipinski definition) is 1. The van der Waals surface area contributed by atoms with Crippen LogP contribution in [0.3, 0.4) is 0 Å². The molecule has 2 saturated carbocycles. The second-order valence-corrected chi connectivity index (χ2v) is 13.1. The van der Waals surface area contributed by atoms with Crippen LogP contribution in [0.15, 0.2) is 55.1 Å². The van der Waals surface area contributed by atoms with E-state index >= 15 is 0 Å². The Balaban J connectivity index is 1.19. The van der Waals surface area contributed by atoms with Crippen LogP contribution in [0.5, 0.6) is 0 Å². The van der Waals surface area contributed by atoms with E-state index in [2.05, 4.69) is 25.6 Å². The Bertz CT molecular complexity index is 1060. The van der Waals surface area contributed by atoms with Crippen molar-refractivity contribution in [2.24, 2.45) is 11.8 Å². The van der Waals surface area contributed by atoms with Crippen molar-refractivity contribution in [1.29, 1.82) is 0 Å². The summed E-state index contributed by atoms with van der Waals surface area (Å²) in [4.78, 5) is 0. The molecular weight excluding hydrogens is 529 g/mol. The van der Waals surface area contributed by atoms with Gasteiger partial charge >= 0.3 is 6.11 Å². The van der Waals surface area contributed by atoms with Gasteiger partial charge < -0.3 is 4.74 Å². The van der Waals surface area contributed by atoms with Gasteiger partial charge in [-0.05, 0) is 123 Å². The van der Waals surface area contributed by atoms with Gasteiger partial charge in [-0.1, -0.05) is 81.9 Å². The summed E-state index contributed by atoms with van der Waals surface area (Å²) >= 11 is 0. The van der Waals surface area contributed by atoms with Crippen LogP contribution in [0.2, 0.25) is 0 Å². The van der Waals surface area contributed by atoms with E-state index in [0.717, 1.165) is 55.6 Å². The molecule has 0 amide bonds. The van der Waals surface area contributed by atoms with E-state index in [-0.39, 0.29) is 12.5 Å². The summed E-state index contributed by atoms with van der Waals surface area (Å²) in [5, 5.41) is 0. The van der Waals surface area contributed by atoms with Crippen molar-refractivity contribution >= 4 is 0 Å². The van der Waals surface area contributed by atoms with Gasteiger partial charge in [0.2, 0.25) is 0 Å². The van der Waals surface area contributed by atoms with Crippen molar-refractivity contribution in [3.05, 3.63) is 83.2 Å². The number of rotatable bonds is 16. The highest BCUT2D eigenvalue weighted by atomic mass is 19.3. The number of benzene rings is 2. The van der Waals surface area contributed by atoms with Crippen LogP contribution >= 0.6 is 0 Å². The lowest BCUT2D eigenvalue weighted by molar-refractivity contribution is -0.249. The normalized spacial score (nSPS) is 23.1. The Kier molecular flexibility index (Phi) is 13.0. The molecule has 232 valence electrons. The monoisotopic (exact) mass is 582 g/mol. The molecule has 2 fully saturated rings. The van der Waals surface area contributed by atoms with Gasteiger partial charge in [0, 0.05) is 0 Å². The lowest BCUT2D eigenvalue weighted by atomic mass is 9.77. The summed E-state index contributed by atoms with van der Waals surface area (Å²) in [5.74, 6) is 1.54. The molecule has 0 aliphatic heterocycles. The van der Waals surface area contributed by atoms with Crippen LogP contribution in [0.1, 0.15) is 144 Å². The molecule has 4 rings (SSSR count). The molecule has 0 heterocycles. The third kappa shape index (κ3) is 9.73. The lowest BCUT2D eigenvalue weighted by Gasteiger charge is -2.29. The fraction of sp³-hybridized carbons (Fsp3) is 0.632. The number of alkyl halides is 2. The summed E-state index contributed by atoms with van der Waals surface area (Å²) in [6.45, 7) is 5.90. The van der Waals surface area contributed by atoms with E-state index in [0.29, 0.717) is 18.3 Å². The lowest BCUT2D eigenvalue weighted by Crippen LogP contribution is -2.22. The molecular formula is C38H53F3O. The number of halogens is 3. The number of allylic oxidation sites excluding steroid dienone is 1. The first-order valence-electron chi connectivity index (χ1n) is 16.9. The largest absolute Gasteiger partial charge is 0.386 e. The molecule has 0 unspecified atom stereocenters. The standard InChI is InChI=1S/C38H53F3O/c1-3-5-7-8-9-11-30-12-18-32(19-13-30)33-20-16-31(17-21-33)26-27-42-38(40,41)36-25-24-35(28-37(36)39)34-22-14-29(15-23-34)10-6-4-2/h4,16-17,20-21,24-25,28-30,32,34H,2-3,5-15,18-19,22-23,26-27H2,1H3. The molecule has 0 bridgehead atoms. The average Bonchev–Trinajstić information content (AvgIpc) is 3.00. The van der Waals surface area contributed by atoms with E-state index in [1.54, 1.807) is 6.07 Å². The molecule has 42 heavy (non-hydrogen) atoms. The van der Waals surface area contributed by atoms with Crippen molar-refractivity contribution in [3.63, 3.8) is 0 Å². The summed E-state index contributed by atoms with van der Waals surface area (Å²) < 4.78 is 49.6. The molecule has 2 aromatic rings. The Morgan fingerprint density at radius 3 is 2.00 bits per heavy atom. The van der Waals surface area contributed by atoms with Crippen LogP contribution in [0.25, 0.3) is 0 Å². The summed E-state index contributed by atoms with van der Waals surface area (Å²) in [6.07, 6.45) is 18.3. The number of hydrogen-bond donors (Lipinski definition) is 0. The van der Waals surface area contributed by atoms with Crippen molar-refractivity contribution in [2.75, 3.05) is 6.61 Å². The molecule has 2 aliphatic carbocycles. The van der Waals surface area contributed by atoms with Gasteiger partial charge in [-0.3, -0.25) is 0 Å². The first-order valence-corrected chi connectivity index (χ1v) is 16.9. The van der Waals surface area contributed by atoms with E-state index in [1.165, 1.54) is 81.9 Å². The zero-order chi connectivity index (χ0) is 29.8. The summed E-state index contributed by atoms with van der Waals surface area (Å²) in [7, 11) is 0. The highest BCUT2D eigenvalue weighted by molar-refractivity contribution is 5.29. The molecule has 0 aromatic heterocycles. The first kappa shape index (κ1) is 32.8. The van der Waals surface area contributed by atoms with Crippen LogP contribution in [-0.2, 0) is 17.3 Å². The van der Waals surface area contributed by atoms with E-state index in [9.17, 15) is 13.2 Å². The third-order valence-corrected chi connectivity index (χ3v) is 10.1. The average molecular weight is 583 g/mol. The van der Waals surface area contributed by atoms with Crippen molar-refractivity contribution in [2.45, 2.75) is 134 Å². The Hall–Kier alpha value is -2.07. The Labute approximate surface area is 253 Å². The van der Waals surface area contributed by atoms with Crippen LogP contribution in [0.4, 0.5) is 13.2 Å². The van der Waals surface area contributed by atoms with E-state index < -0.39 is 17.5 Å². The molecule has 0 radical (unpaired) electrons. The van der Waals surface area contributed by atoms with Gasteiger partial charge in [0.15, 0.2) is 0 Å².